The molecule has 0 atom stereocenters. The molecule has 5 rings (SSSR count). The molecule has 0 amide bonds. The van der Waals surface area contributed by atoms with E-state index < -0.39 is 0 Å². The summed E-state index contributed by atoms with van der Waals surface area (Å²) in [5, 5.41) is 10.2. The first-order valence-electron chi connectivity index (χ1n) is 11.5. The Labute approximate surface area is 202 Å². The fourth-order valence-corrected chi connectivity index (χ4v) is 4.54. The van der Waals surface area contributed by atoms with Gasteiger partial charge < -0.3 is 14.1 Å². The average molecular weight is 482 g/mol. The minimum atomic E-state index is 0.155. The number of rotatable bonds is 8. The molecule has 178 valence electrons. The fourth-order valence-electron chi connectivity index (χ4n) is 4.36. The molecule has 0 radical (unpaired) electrons. The third kappa shape index (κ3) is 4.64. The van der Waals surface area contributed by atoms with Crippen LogP contribution < -0.4 is 0 Å². The zero-order valence-corrected chi connectivity index (χ0v) is 20.2. The van der Waals surface area contributed by atoms with Gasteiger partial charge in [0.2, 0.25) is 0 Å². The minimum absolute atomic E-state index is 0.155. The molecule has 0 spiro atoms. The average Bonchev–Trinajstić information content (AvgIpc) is 3.37. The standard InChI is InChI=1S/C24H28ClN7O2/c1-17-18(2)31(9-5-8-30-10-12-33-13-11-30)23-22(17)24-28-21(29-32(24)16-26-23)15-34-27-14-19-6-3-4-7-20(19)25/h3-4,6-7,14,16H,5,8-13,15H2,1-2H3. The Morgan fingerprint density at radius 1 is 1.15 bits per heavy atom. The van der Waals surface area contributed by atoms with Crippen LogP contribution in [0.3, 0.4) is 0 Å². The minimum Gasteiger partial charge on any atom is -0.387 e. The largest absolute Gasteiger partial charge is 0.387 e. The van der Waals surface area contributed by atoms with Gasteiger partial charge in [-0.05, 0) is 31.9 Å². The quantitative estimate of drug-likeness (QED) is 0.282. The van der Waals surface area contributed by atoms with E-state index in [1.165, 1.54) is 11.3 Å². The first kappa shape index (κ1) is 22.8. The molecule has 0 saturated carbocycles. The van der Waals surface area contributed by atoms with Crippen molar-refractivity contribution in [3.63, 3.8) is 0 Å². The fraction of sp³-hybridized carbons (Fsp3) is 0.417. The maximum atomic E-state index is 6.14. The molecule has 1 aliphatic rings. The van der Waals surface area contributed by atoms with Crippen LogP contribution >= 0.6 is 11.6 Å². The van der Waals surface area contributed by atoms with Gasteiger partial charge in [0.15, 0.2) is 18.1 Å². The Hall–Kier alpha value is -3.01. The maximum Gasteiger partial charge on any atom is 0.192 e. The number of hydrogen-bond donors (Lipinski definition) is 0. The van der Waals surface area contributed by atoms with Gasteiger partial charge in [0.25, 0.3) is 0 Å². The second-order valence-corrected chi connectivity index (χ2v) is 8.85. The molecule has 4 aromatic rings. The van der Waals surface area contributed by atoms with Gasteiger partial charge in [-0.3, -0.25) is 4.90 Å². The first-order valence-corrected chi connectivity index (χ1v) is 11.9. The third-order valence-electron chi connectivity index (χ3n) is 6.31. The van der Waals surface area contributed by atoms with Crippen LogP contribution in [0.25, 0.3) is 16.7 Å². The molecule has 0 unspecified atom stereocenters. The van der Waals surface area contributed by atoms with E-state index in [1.807, 2.05) is 24.3 Å². The molecule has 34 heavy (non-hydrogen) atoms. The number of hydrogen-bond acceptors (Lipinski definition) is 7. The van der Waals surface area contributed by atoms with Crippen LogP contribution in [0.4, 0.5) is 0 Å². The van der Waals surface area contributed by atoms with Gasteiger partial charge in [-0.2, -0.15) is 0 Å². The molecule has 0 N–H and O–H groups in total. The maximum absolute atomic E-state index is 6.14. The van der Waals surface area contributed by atoms with Crippen LogP contribution in [0.5, 0.6) is 0 Å². The van der Waals surface area contributed by atoms with E-state index in [1.54, 1.807) is 17.1 Å². The van der Waals surface area contributed by atoms with Crippen molar-refractivity contribution in [2.45, 2.75) is 33.4 Å². The van der Waals surface area contributed by atoms with E-state index in [0.717, 1.165) is 68.1 Å². The van der Waals surface area contributed by atoms with Gasteiger partial charge >= 0.3 is 0 Å². The van der Waals surface area contributed by atoms with Crippen LogP contribution in [-0.2, 0) is 22.7 Å². The van der Waals surface area contributed by atoms with Gasteiger partial charge in [-0.25, -0.2) is 14.5 Å². The molecule has 1 aromatic carbocycles. The van der Waals surface area contributed by atoms with E-state index >= 15 is 0 Å². The number of morpholine rings is 1. The van der Waals surface area contributed by atoms with Crippen LogP contribution in [0, 0.1) is 13.8 Å². The Morgan fingerprint density at radius 3 is 2.79 bits per heavy atom. The third-order valence-corrected chi connectivity index (χ3v) is 6.66. The molecule has 0 bridgehead atoms. The molecular formula is C24H28ClN7O2. The number of oxime groups is 1. The molecule has 1 fully saturated rings. The summed E-state index contributed by atoms with van der Waals surface area (Å²) in [6.07, 6.45) is 4.37. The first-order chi connectivity index (χ1) is 16.6. The highest BCUT2D eigenvalue weighted by molar-refractivity contribution is 6.33. The van der Waals surface area contributed by atoms with E-state index in [2.05, 4.69) is 33.6 Å². The zero-order valence-electron chi connectivity index (χ0n) is 19.4. The predicted molar refractivity (Wildman–Crippen MR) is 131 cm³/mol. The van der Waals surface area contributed by atoms with Crippen molar-refractivity contribution in [3.8, 4) is 0 Å². The summed E-state index contributed by atoms with van der Waals surface area (Å²) in [6.45, 7) is 10.1. The van der Waals surface area contributed by atoms with Crippen LogP contribution in [0.2, 0.25) is 5.02 Å². The van der Waals surface area contributed by atoms with Crippen LogP contribution in [0.1, 0.15) is 29.1 Å². The van der Waals surface area contributed by atoms with Gasteiger partial charge in [0, 0.05) is 42.5 Å². The number of fused-ring (bicyclic) bond motifs is 3. The normalized spacial score (nSPS) is 15.1. The smallest absolute Gasteiger partial charge is 0.192 e. The van der Waals surface area contributed by atoms with Crippen LogP contribution in [0.15, 0.2) is 35.7 Å². The lowest BCUT2D eigenvalue weighted by molar-refractivity contribution is 0.0369. The van der Waals surface area contributed by atoms with E-state index in [-0.39, 0.29) is 6.61 Å². The topological polar surface area (TPSA) is 82.1 Å². The highest BCUT2D eigenvalue weighted by atomic mass is 35.5. The highest BCUT2D eigenvalue weighted by Crippen LogP contribution is 2.27. The number of benzene rings is 1. The van der Waals surface area contributed by atoms with Crippen molar-refractivity contribution in [3.05, 3.63) is 58.3 Å². The number of aromatic nitrogens is 5. The van der Waals surface area contributed by atoms with Gasteiger partial charge in [0.05, 0.1) is 24.8 Å². The Morgan fingerprint density at radius 2 is 1.97 bits per heavy atom. The van der Waals surface area contributed by atoms with Gasteiger partial charge in [-0.15, -0.1) is 5.10 Å². The summed E-state index contributed by atoms with van der Waals surface area (Å²) in [5.41, 5.74) is 4.91. The SMILES string of the molecule is Cc1c(C)n(CCCN2CCOCC2)c2ncn3nc(CON=Cc4ccccc4Cl)nc3c12. The predicted octanol–water partition coefficient (Wildman–Crippen LogP) is 3.62. The number of halogens is 1. The zero-order chi connectivity index (χ0) is 23.5. The van der Waals surface area contributed by atoms with Crippen molar-refractivity contribution in [2.24, 2.45) is 5.16 Å². The monoisotopic (exact) mass is 481 g/mol. The molecule has 1 saturated heterocycles. The van der Waals surface area contributed by atoms with Crippen molar-refractivity contribution in [2.75, 3.05) is 32.8 Å². The summed E-state index contributed by atoms with van der Waals surface area (Å²) in [6, 6.07) is 7.45. The summed E-state index contributed by atoms with van der Waals surface area (Å²) < 4.78 is 9.46. The summed E-state index contributed by atoms with van der Waals surface area (Å²) >= 11 is 6.14. The lowest BCUT2D eigenvalue weighted by atomic mass is 10.2. The Kier molecular flexibility index (Phi) is 6.75. The number of nitrogens with zero attached hydrogens (tertiary/aromatic N) is 7. The number of ether oxygens (including phenoxy) is 1. The van der Waals surface area contributed by atoms with Crippen molar-refractivity contribution < 1.29 is 9.57 Å². The Bertz CT molecular complexity index is 1320. The van der Waals surface area contributed by atoms with Gasteiger partial charge in [0.1, 0.15) is 12.0 Å². The molecule has 9 nitrogen and oxygen atoms in total. The lowest BCUT2D eigenvalue weighted by Gasteiger charge is -2.26. The highest BCUT2D eigenvalue weighted by Gasteiger charge is 2.18. The molecule has 4 heterocycles. The summed E-state index contributed by atoms with van der Waals surface area (Å²) in [7, 11) is 0. The second kappa shape index (κ2) is 10.1. The Balaban J connectivity index is 1.31. The van der Waals surface area contributed by atoms with E-state index in [4.69, 9.17) is 31.1 Å². The molecular weight excluding hydrogens is 454 g/mol. The summed E-state index contributed by atoms with van der Waals surface area (Å²) in [4.78, 5) is 17.3. The lowest BCUT2D eigenvalue weighted by Crippen LogP contribution is -2.37. The molecule has 3 aromatic heterocycles. The van der Waals surface area contributed by atoms with Crippen molar-refractivity contribution in [1.82, 2.24) is 29.0 Å². The van der Waals surface area contributed by atoms with Crippen LogP contribution in [-0.4, -0.2) is 68.1 Å². The van der Waals surface area contributed by atoms with E-state index in [9.17, 15) is 0 Å². The second-order valence-electron chi connectivity index (χ2n) is 8.44. The molecule has 10 heteroatoms. The summed E-state index contributed by atoms with van der Waals surface area (Å²) in [5.74, 6) is 0.544. The van der Waals surface area contributed by atoms with Gasteiger partial charge in [-0.1, -0.05) is 35.0 Å². The molecule has 1 aliphatic heterocycles. The molecule has 0 aliphatic carbocycles. The van der Waals surface area contributed by atoms with Crippen molar-refractivity contribution >= 4 is 34.5 Å². The van der Waals surface area contributed by atoms with Crippen molar-refractivity contribution in [1.29, 1.82) is 0 Å². The van der Waals surface area contributed by atoms with E-state index in [0.29, 0.717) is 10.8 Å². The number of aryl methyl sites for hydroxylation is 2.